The van der Waals surface area contributed by atoms with Crippen molar-refractivity contribution in [2.45, 2.75) is 33.1 Å². The van der Waals surface area contributed by atoms with Gasteiger partial charge < -0.3 is 0 Å². The van der Waals surface area contributed by atoms with Gasteiger partial charge >= 0.3 is 6.03 Å². The topological polar surface area (TPSA) is 75.3 Å². The first-order valence-electron chi connectivity index (χ1n) is 5.76. The Balaban J connectivity index is 3.11. The summed E-state index contributed by atoms with van der Waals surface area (Å²) in [5, 5.41) is 4.33. The Bertz CT molecular complexity index is 343. The number of rotatable bonds is 5. The monoisotopic (exact) mass is 238 g/mol. The molecule has 0 radical (unpaired) electrons. The number of imide groups is 2. The van der Waals surface area contributed by atoms with Crippen LogP contribution in [0.15, 0.2) is 12.7 Å². The third-order valence-corrected chi connectivity index (χ3v) is 3.29. The number of amides is 4. The van der Waals surface area contributed by atoms with Crippen LogP contribution in [0.25, 0.3) is 0 Å². The van der Waals surface area contributed by atoms with E-state index in [4.69, 9.17) is 0 Å². The molecular formula is C12H18N2O3. The summed E-state index contributed by atoms with van der Waals surface area (Å²) in [7, 11) is 0. The van der Waals surface area contributed by atoms with E-state index in [1.807, 2.05) is 13.8 Å². The van der Waals surface area contributed by atoms with E-state index in [-0.39, 0.29) is 12.3 Å². The average Bonchev–Trinajstić information content (AvgIpc) is 2.23. The van der Waals surface area contributed by atoms with Gasteiger partial charge in [0.2, 0.25) is 11.8 Å². The van der Waals surface area contributed by atoms with Crippen molar-refractivity contribution in [1.82, 2.24) is 10.6 Å². The molecule has 1 saturated heterocycles. The van der Waals surface area contributed by atoms with Crippen LogP contribution in [0.3, 0.4) is 0 Å². The van der Waals surface area contributed by atoms with Crippen molar-refractivity contribution in [2.75, 3.05) is 0 Å². The van der Waals surface area contributed by atoms with Gasteiger partial charge in [0, 0.05) is 0 Å². The van der Waals surface area contributed by atoms with E-state index in [1.165, 1.54) is 0 Å². The van der Waals surface area contributed by atoms with Gasteiger partial charge in [-0.3, -0.25) is 20.2 Å². The number of nitrogens with one attached hydrogen (secondary N) is 2. The van der Waals surface area contributed by atoms with Crippen molar-refractivity contribution in [3.05, 3.63) is 12.7 Å². The van der Waals surface area contributed by atoms with Crippen LogP contribution in [0.4, 0.5) is 4.79 Å². The van der Waals surface area contributed by atoms with Gasteiger partial charge in [-0.25, -0.2) is 4.79 Å². The molecule has 1 atom stereocenters. The molecule has 0 spiro atoms. The molecule has 1 rings (SSSR count). The predicted octanol–water partition coefficient (Wildman–Crippen LogP) is 1.35. The molecule has 0 bridgehead atoms. The van der Waals surface area contributed by atoms with Crippen LogP contribution in [-0.4, -0.2) is 17.8 Å². The summed E-state index contributed by atoms with van der Waals surface area (Å²) in [6.45, 7) is 7.42. The lowest BCUT2D eigenvalue weighted by molar-refractivity contribution is -0.148. The number of hydrogen-bond donors (Lipinski definition) is 2. The van der Waals surface area contributed by atoms with E-state index >= 15 is 0 Å². The normalized spacial score (nSPS) is 20.5. The quantitative estimate of drug-likeness (QED) is 0.560. The highest BCUT2D eigenvalue weighted by atomic mass is 16.2. The zero-order chi connectivity index (χ0) is 13.1. The van der Waals surface area contributed by atoms with Crippen LogP contribution in [0, 0.1) is 11.3 Å². The first kappa shape index (κ1) is 13.4. The fraction of sp³-hybridized carbons (Fsp3) is 0.583. The molecule has 5 heteroatoms. The van der Waals surface area contributed by atoms with Gasteiger partial charge in [0.25, 0.3) is 0 Å². The maximum absolute atomic E-state index is 12.0. The minimum Gasteiger partial charge on any atom is -0.277 e. The molecule has 17 heavy (non-hydrogen) atoms. The summed E-state index contributed by atoms with van der Waals surface area (Å²) >= 11 is 0. The molecule has 5 nitrogen and oxygen atoms in total. The number of hydrogen-bond acceptors (Lipinski definition) is 3. The van der Waals surface area contributed by atoms with E-state index in [0.717, 1.165) is 12.8 Å². The Labute approximate surface area is 101 Å². The zero-order valence-corrected chi connectivity index (χ0v) is 10.2. The lowest BCUT2D eigenvalue weighted by Gasteiger charge is -2.37. The molecule has 0 saturated carbocycles. The van der Waals surface area contributed by atoms with Gasteiger partial charge in [0.05, 0.1) is 0 Å². The largest absolute Gasteiger partial charge is 0.328 e. The lowest BCUT2D eigenvalue weighted by Crippen LogP contribution is -2.64. The van der Waals surface area contributed by atoms with Crippen molar-refractivity contribution in [2.24, 2.45) is 11.3 Å². The number of allylic oxidation sites excluding steroid dienone is 1. The van der Waals surface area contributed by atoms with Crippen LogP contribution >= 0.6 is 0 Å². The van der Waals surface area contributed by atoms with Crippen LogP contribution in [0.1, 0.15) is 33.1 Å². The van der Waals surface area contributed by atoms with Crippen molar-refractivity contribution >= 4 is 17.8 Å². The van der Waals surface area contributed by atoms with Crippen LogP contribution < -0.4 is 10.6 Å². The van der Waals surface area contributed by atoms with Crippen molar-refractivity contribution < 1.29 is 14.4 Å². The van der Waals surface area contributed by atoms with Gasteiger partial charge in [-0.1, -0.05) is 26.3 Å². The number of carbonyl (C=O) groups is 3. The molecule has 4 amide bonds. The zero-order valence-electron chi connectivity index (χ0n) is 10.2. The van der Waals surface area contributed by atoms with Gasteiger partial charge in [-0.05, 0) is 18.8 Å². The van der Waals surface area contributed by atoms with E-state index < -0.39 is 23.3 Å². The summed E-state index contributed by atoms with van der Waals surface area (Å²) in [4.78, 5) is 35.1. The van der Waals surface area contributed by atoms with Gasteiger partial charge in [-0.2, -0.15) is 0 Å². The molecule has 0 aromatic carbocycles. The highest BCUT2D eigenvalue weighted by molar-refractivity contribution is 6.19. The summed E-state index contributed by atoms with van der Waals surface area (Å²) < 4.78 is 0. The second-order valence-corrected chi connectivity index (χ2v) is 4.39. The SMILES string of the molecule is C=CCC1([C@H](C)CCC)C(=O)NC(=O)NC1=O. The molecule has 1 aliphatic heterocycles. The van der Waals surface area contributed by atoms with Gasteiger partial charge in [0.1, 0.15) is 5.41 Å². The Morgan fingerprint density at radius 3 is 2.24 bits per heavy atom. The first-order valence-corrected chi connectivity index (χ1v) is 5.76. The summed E-state index contributed by atoms with van der Waals surface area (Å²) in [5.41, 5.74) is -1.20. The summed E-state index contributed by atoms with van der Waals surface area (Å²) in [5.74, 6) is -1.18. The third-order valence-electron chi connectivity index (χ3n) is 3.29. The van der Waals surface area contributed by atoms with E-state index in [0.29, 0.717) is 0 Å². The lowest BCUT2D eigenvalue weighted by atomic mass is 9.69. The molecule has 0 aliphatic carbocycles. The molecule has 0 aromatic heterocycles. The smallest absolute Gasteiger partial charge is 0.277 e. The maximum atomic E-state index is 12.0. The highest BCUT2D eigenvalue weighted by Gasteiger charge is 2.52. The molecule has 0 aromatic rings. The predicted molar refractivity (Wildman–Crippen MR) is 63.0 cm³/mol. The molecule has 2 N–H and O–H groups in total. The number of barbiturate groups is 1. The number of carbonyl (C=O) groups excluding carboxylic acids is 3. The van der Waals surface area contributed by atoms with E-state index in [9.17, 15) is 14.4 Å². The molecule has 94 valence electrons. The Hall–Kier alpha value is -1.65. The first-order chi connectivity index (χ1) is 7.98. The average molecular weight is 238 g/mol. The third kappa shape index (κ3) is 2.23. The standard InChI is InChI=1S/C12H18N2O3/c1-4-6-8(3)12(7-5-2)9(15)13-11(17)14-10(12)16/h5,8H,2,4,6-7H2,1,3H3,(H2,13,14,15,16,17)/t8-/m1/s1. The maximum Gasteiger partial charge on any atom is 0.328 e. The van der Waals surface area contributed by atoms with Crippen molar-refractivity contribution in [3.63, 3.8) is 0 Å². The second-order valence-electron chi connectivity index (χ2n) is 4.39. The van der Waals surface area contributed by atoms with Crippen molar-refractivity contribution in [3.8, 4) is 0 Å². The van der Waals surface area contributed by atoms with E-state index in [2.05, 4.69) is 17.2 Å². The Kier molecular flexibility index (Phi) is 4.04. The number of urea groups is 1. The Morgan fingerprint density at radius 2 is 1.82 bits per heavy atom. The second kappa shape index (κ2) is 5.12. The molecule has 1 fully saturated rings. The fourth-order valence-electron chi connectivity index (χ4n) is 2.30. The van der Waals surface area contributed by atoms with Crippen molar-refractivity contribution in [1.29, 1.82) is 0 Å². The van der Waals surface area contributed by atoms with E-state index in [1.54, 1.807) is 6.08 Å². The minimum atomic E-state index is -1.20. The summed E-state index contributed by atoms with van der Waals surface area (Å²) in [6.07, 6.45) is 3.39. The van der Waals surface area contributed by atoms with Gasteiger partial charge in [-0.15, -0.1) is 6.58 Å². The molecule has 0 unspecified atom stereocenters. The van der Waals surface area contributed by atoms with Crippen LogP contribution in [0.2, 0.25) is 0 Å². The fourth-order valence-corrected chi connectivity index (χ4v) is 2.30. The summed E-state index contributed by atoms with van der Waals surface area (Å²) in [6, 6.07) is -0.747. The van der Waals surface area contributed by atoms with Crippen LogP contribution in [0.5, 0.6) is 0 Å². The van der Waals surface area contributed by atoms with Gasteiger partial charge in [0.15, 0.2) is 0 Å². The molecular weight excluding hydrogens is 220 g/mol. The molecule has 1 heterocycles. The molecule has 1 aliphatic rings. The van der Waals surface area contributed by atoms with Crippen LogP contribution in [-0.2, 0) is 9.59 Å². The Morgan fingerprint density at radius 1 is 1.29 bits per heavy atom. The minimum absolute atomic E-state index is 0.140. The highest BCUT2D eigenvalue weighted by Crippen LogP contribution is 2.37.